The van der Waals surface area contributed by atoms with E-state index in [0.717, 1.165) is 16.5 Å². The van der Waals surface area contributed by atoms with Crippen LogP contribution in [0.15, 0.2) is 46.1 Å². The Bertz CT molecular complexity index is 962. The van der Waals surface area contributed by atoms with Crippen molar-refractivity contribution in [3.8, 4) is 0 Å². The van der Waals surface area contributed by atoms with E-state index >= 15 is 0 Å². The van der Waals surface area contributed by atoms with Crippen molar-refractivity contribution < 1.29 is 4.79 Å². The van der Waals surface area contributed by atoms with Gasteiger partial charge in [-0.15, -0.1) is 0 Å². The van der Waals surface area contributed by atoms with Crippen molar-refractivity contribution in [1.29, 1.82) is 0 Å². The fraction of sp³-hybridized carbons (Fsp3) is 0.333. The van der Waals surface area contributed by atoms with Crippen LogP contribution in [-0.2, 0) is 17.9 Å². The number of carbonyl (C=O) groups excluding carboxylic acids is 1. The number of amides is 1. The van der Waals surface area contributed by atoms with Gasteiger partial charge in [-0.2, -0.15) is 5.10 Å². The summed E-state index contributed by atoms with van der Waals surface area (Å²) in [6.45, 7) is 3.35. The van der Waals surface area contributed by atoms with Crippen LogP contribution in [0, 0.1) is 0 Å². The molecule has 2 aromatic heterocycles. The zero-order valence-corrected chi connectivity index (χ0v) is 16.1. The van der Waals surface area contributed by atoms with E-state index in [0.29, 0.717) is 37.1 Å². The van der Waals surface area contributed by atoms with Gasteiger partial charge >= 0.3 is 0 Å². The van der Waals surface area contributed by atoms with E-state index < -0.39 is 0 Å². The minimum Gasteiger partial charge on any atom is -0.354 e. The summed E-state index contributed by atoms with van der Waals surface area (Å²) in [7, 11) is 0. The predicted molar refractivity (Wildman–Crippen MR) is 103 cm³/mol. The fourth-order valence-electron chi connectivity index (χ4n) is 2.68. The van der Waals surface area contributed by atoms with Gasteiger partial charge in [-0.25, -0.2) is 9.67 Å². The second-order valence-electron chi connectivity index (χ2n) is 6.01. The van der Waals surface area contributed by atoms with Crippen molar-refractivity contribution in [2.24, 2.45) is 0 Å². The highest BCUT2D eigenvalue weighted by Gasteiger charge is 2.10. The Morgan fingerprint density at radius 2 is 2.04 bits per heavy atom. The summed E-state index contributed by atoms with van der Waals surface area (Å²) in [6.07, 6.45) is 4.41. The number of rotatable bonds is 7. The Morgan fingerprint density at radius 1 is 1.27 bits per heavy atom. The van der Waals surface area contributed by atoms with Crippen LogP contribution in [0.25, 0.3) is 11.0 Å². The van der Waals surface area contributed by atoms with Crippen LogP contribution in [0.5, 0.6) is 0 Å². The standard InChI is InChI=1S/C18H20BrN5O2/c1-2-3-16(25)20-8-9-24-17-15(10-22-24)18(26)23(12-21-17)11-13-4-6-14(19)7-5-13/h4-7,10,12H,2-3,8-9,11H2,1H3,(H,20,25). The maximum Gasteiger partial charge on any atom is 0.264 e. The first kappa shape index (κ1) is 18.3. The zero-order valence-electron chi connectivity index (χ0n) is 14.5. The second-order valence-corrected chi connectivity index (χ2v) is 6.92. The van der Waals surface area contributed by atoms with Crippen molar-refractivity contribution >= 4 is 32.9 Å². The molecule has 0 atom stereocenters. The summed E-state index contributed by atoms with van der Waals surface area (Å²) in [5, 5.41) is 7.55. The minimum absolute atomic E-state index is 0.0220. The van der Waals surface area contributed by atoms with Gasteiger partial charge in [0.1, 0.15) is 11.7 Å². The Hall–Kier alpha value is -2.48. The molecule has 0 bridgehead atoms. The third-order valence-corrected chi connectivity index (χ3v) is 4.54. The number of hydrogen-bond acceptors (Lipinski definition) is 4. The molecule has 1 aromatic carbocycles. The van der Waals surface area contributed by atoms with Gasteiger partial charge in [-0.05, 0) is 24.1 Å². The highest BCUT2D eigenvalue weighted by Crippen LogP contribution is 2.12. The average molecular weight is 418 g/mol. The smallest absolute Gasteiger partial charge is 0.264 e. The molecule has 0 radical (unpaired) electrons. The van der Waals surface area contributed by atoms with Crippen LogP contribution >= 0.6 is 15.9 Å². The summed E-state index contributed by atoms with van der Waals surface area (Å²) >= 11 is 3.40. The largest absolute Gasteiger partial charge is 0.354 e. The number of halogens is 1. The molecular formula is C18H20BrN5O2. The molecule has 136 valence electrons. The first-order valence-electron chi connectivity index (χ1n) is 8.50. The Kier molecular flexibility index (Phi) is 5.82. The van der Waals surface area contributed by atoms with E-state index in [2.05, 4.69) is 31.3 Å². The van der Waals surface area contributed by atoms with Crippen LogP contribution < -0.4 is 10.9 Å². The maximum absolute atomic E-state index is 12.7. The van der Waals surface area contributed by atoms with Gasteiger partial charge in [0.15, 0.2) is 5.65 Å². The third-order valence-electron chi connectivity index (χ3n) is 4.01. The zero-order chi connectivity index (χ0) is 18.5. The van der Waals surface area contributed by atoms with Gasteiger partial charge in [0.2, 0.25) is 5.91 Å². The number of nitrogens with zero attached hydrogens (tertiary/aromatic N) is 4. The molecule has 0 spiro atoms. The minimum atomic E-state index is -0.126. The van der Waals surface area contributed by atoms with Crippen LogP contribution in [0.1, 0.15) is 25.3 Å². The molecule has 8 heteroatoms. The molecule has 0 aliphatic heterocycles. The Morgan fingerprint density at radius 3 is 2.77 bits per heavy atom. The highest BCUT2D eigenvalue weighted by molar-refractivity contribution is 9.10. The van der Waals surface area contributed by atoms with Crippen LogP contribution in [0.3, 0.4) is 0 Å². The first-order chi connectivity index (χ1) is 12.6. The van der Waals surface area contributed by atoms with Gasteiger partial charge in [0, 0.05) is 17.4 Å². The van der Waals surface area contributed by atoms with Gasteiger partial charge in [0.05, 0.1) is 19.3 Å². The summed E-state index contributed by atoms with van der Waals surface area (Å²) in [5.74, 6) is 0.0220. The molecule has 1 amide bonds. The molecule has 7 nitrogen and oxygen atoms in total. The van der Waals surface area contributed by atoms with Crippen molar-refractivity contribution in [1.82, 2.24) is 24.6 Å². The van der Waals surface area contributed by atoms with E-state index in [4.69, 9.17) is 0 Å². The summed E-state index contributed by atoms with van der Waals surface area (Å²) in [5.41, 5.74) is 1.42. The third kappa shape index (κ3) is 4.19. The molecule has 2 heterocycles. The number of benzene rings is 1. The lowest BCUT2D eigenvalue weighted by atomic mass is 10.2. The second kappa shape index (κ2) is 8.27. The number of hydrogen-bond donors (Lipinski definition) is 1. The highest BCUT2D eigenvalue weighted by atomic mass is 79.9. The van der Waals surface area contributed by atoms with E-state index in [9.17, 15) is 9.59 Å². The van der Waals surface area contributed by atoms with Crippen LogP contribution in [-0.4, -0.2) is 31.8 Å². The Balaban J connectivity index is 1.75. The molecule has 3 aromatic rings. The monoisotopic (exact) mass is 417 g/mol. The first-order valence-corrected chi connectivity index (χ1v) is 9.30. The average Bonchev–Trinajstić information content (AvgIpc) is 3.03. The fourth-order valence-corrected chi connectivity index (χ4v) is 2.94. The molecule has 0 unspecified atom stereocenters. The van der Waals surface area contributed by atoms with Crippen LogP contribution in [0.4, 0.5) is 0 Å². The number of carbonyl (C=O) groups is 1. The van der Waals surface area contributed by atoms with E-state index in [-0.39, 0.29) is 11.5 Å². The molecule has 0 saturated heterocycles. The normalized spacial score (nSPS) is 11.0. The van der Waals surface area contributed by atoms with Gasteiger partial charge in [0.25, 0.3) is 5.56 Å². The van der Waals surface area contributed by atoms with Gasteiger partial charge < -0.3 is 5.32 Å². The van der Waals surface area contributed by atoms with Crippen molar-refractivity contribution in [2.75, 3.05) is 6.54 Å². The summed E-state index contributed by atoms with van der Waals surface area (Å²) in [6, 6.07) is 7.81. The maximum atomic E-state index is 12.7. The van der Waals surface area contributed by atoms with E-state index in [1.54, 1.807) is 15.6 Å². The quantitative estimate of drug-likeness (QED) is 0.639. The molecule has 0 aliphatic rings. The number of aromatic nitrogens is 4. The molecular weight excluding hydrogens is 398 g/mol. The van der Waals surface area contributed by atoms with Crippen molar-refractivity contribution in [2.45, 2.75) is 32.9 Å². The molecule has 0 saturated carbocycles. The van der Waals surface area contributed by atoms with Gasteiger partial charge in [-0.1, -0.05) is 35.0 Å². The number of nitrogens with one attached hydrogen (secondary N) is 1. The lowest BCUT2D eigenvalue weighted by molar-refractivity contribution is -0.121. The lowest BCUT2D eigenvalue weighted by Crippen LogP contribution is -2.27. The summed E-state index contributed by atoms with van der Waals surface area (Å²) in [4.78, 5) is 28.6. The lowest BCUT2D eigenvalue weighted by Gasteiger charge is -2.07. The molecule has 3 rings (SSSR count). The molecule has 1 N–H and O–H groups in total. The van der Waals surface area contributed by atoms with Crippen molar-refractivity contribution in [3.05, 3.63) is 57.2 Å². The SMILES string of the molecule is CCCC(=O)NCCn1ncc2c(=O)n(Cc3ccc(Br)cc3)cnc21. The Labute approximate surface area is 159 Å². The summed E-state index contributed by atoms with van der Waals surface area (Å²) < 4.78 is 4.21. The van der Waals surface area contributed by atoms with Gasteiger partial charge in [-0.3, -0.25) is 14.2 Å². The molecule has 0 fully saturated rings. The topological polar surface area (TPSA) is 81.8 Å². The molecule has 26 heavy (non-hydrogen) atoms. The van der Waals surface area contributed by atoms with Crippen LogP contribution in [0.2, 0.25) is 0 Å². The predicted octanol–water partition coefficient (Wildman–Crippen LogP) is 2.32. The number of fused-ring (bicyclic) bond motifs is 1. The van der Waals surface area contributed by atoms with E-state index in [1.807, 2.05) is 31.2 Å². The van der Waals surface area contributed by atoms with Crippen molar-refractivity contribution in [3.63, 3.8) is 0 Å². The van der Waals surface area contributed by atoms with E-state index in [1.165, 1.54) is 6.20 Å². The molecule has 0 aliphatic carbocycles.